The van der Waals surface area contributed by atoms with Gasteiger partial charge in [0.2, 0.25) is 16.8 Å². The fourth-order valence-corrected chi connectivity index (χ4v) is 6.38. The Kier molecular flexibility index (Phi) is 9.14. The smallest absolute Gasteiger partial charge is 0.311 e. The van der Waals surface area contributed by atoms with Crippen molar-refractivity contribution in [1.29, 1.82) is 0 Å². The molecule has 2 aromatic rings. The highest BCUT2D eigenvalue weighted by molar-refractivity contribution is 7.92. The van der Waals surface area contributed by atoms with Gasteiger partial charge in [0.1, 0.15) is 0 Å². The van der Waals surface area contributed by atoms with E-state index in [1.54, 1.807) is 13.0 Å². The van der Waals surface area contributed by atoms with Crippen LogP contribution in [0.25, 0.3) is 0 Å². The molecule has 0 amide bonds. The first-order valence-corrected chi connectivity index (χ1v) is 14.5. The van der Waals surface area contributed by atoms with E-state index in [1.807, 2.05) is 30.0 Å². The molecule has 0 saturated carbocycles. The molecular weight excluding hydrogens is 527 g/mol. The molecule has 39 heavy (non-hydrogen) atoms. The lowest BCUT2D eigenvalue weighted by atomic mass is 9.82. The Labute approximate surface area is 229 Å². The van der Waals surface area contributed by atoms with Crippen LogP contribution < -0.4 is 14.2 Å². The molecule has 2 heterocycles. The SMILES string of the molecule is C=CS(=O)(=O)N(CCC)CCN1CC(c2ccc3c(c2)OCO3)C(C(=O)OCC)C1c1ccc(OC)c(F)c1. The molecule has 4 rings (SSSR count). The van der Waals surface area contributed by atoms with Crippen LogP contribution in [-0.2, 0) is 19.6 Å². The summed E-state index contributed by atoms with van der Waals surface area (Å²) in [6, 6.07) is 9.63. The molecule has 2 aromatic carbocycles. The third-order valence-corrected chi connectivity index (χ3v) is 8.69. The highest BCUT2D eigenvalue weighted by Crippen LogP contribution is 2.48. The number of nitrogens with zero attached hydrogens (tertiary/aromatic N) is 2. The maximum Gasteiger partial charge on any atom is 0.311 e. The summed E-state index contributed by atoms with van der Waals surface area (Å²) in [4.78, 5) is 15.5. The predicted octanol–water partition coefficient (Wildman–Crippen LogP) is 4.07. The highest BCUT2D eigenvalue weighted by Gasteiger charge is 2.48. The van der Waals surface area contributed by atoms with Crippen LogP contribution in [0.2, 0.25) is 0 Å². The summed E-state index contributed by atoms with van der Waals surface area (Å²) in [6.07, 6.45) is 0.630. The number of benzene rings is 2. The van der Waals surface area contributed by atoms with Crippen LogP contribution in [0.15, 0.2) is 48.4 Å². The fourth-order valence-electron chi connectivity index (χ4n) is 5.39. The van der Waals surface area contributed by atoms with E-state index >= 15 is 0 Å². The van der Waals surface area contributed by atoms with Crippen molar-refractivity contribution >= 4 is 16.0 Å². The maximum atomic E-state index is 14.9. The van der Waals surface area contributed by atoms with Gasteiger partial charge >= 0.3 is 5.97 Å². The van der Waals surface area contributed by atoms with Crippen molar-refractivity contribution in [3.63, 3.8) is 0 Å². The number of methoxy groups -OCH3 is 1. The van der Waals surface area contributed by atoms with E-state index in [0.29, 0.717) is 43.1 Å². The van der Waals surface area contributed by atoms with Crippen LogP contribution in [0.3, 0.4) is 0 Å². The van der Waals surface area contributed by atoms with Gasteiger partial charge in [0.05, 0.1) is 19.6 Å². The van der Waals surface area contributed by atoms with E-state index in [-0.39, 0.29) is 31.6 Å². The molecular formula is C28H35FN2O7S. The maximum absolute atomic E-state index is 14.9. The summed E-state index contributed by atoms with van der Waals surface area (Å²) in [5, 5.41) is 0.944. The molecule has 11 heteroatoms. The van der Waals surface area contributed by atoms with Crippen molar-refractivity contribution in [3.8, 4) is 17.2 Å². The van der Waals surface area contributed by atoms with Crippen LogP contribution in [0.5, 0.6) is 17.2 Å². The number of fused-ring (bicyclic) bond motifs is 1. The number of likely N-dealkylation sites (tertiary alicyclic amines) is 1. The molecule has 212 valence electrons. The normalized spacial score (nSPS) is 20.8. The molecule has 2 aliphatic rings. The van der Waals surface area contributed by atoms with Gasteiger partial charge in [-0.25, -0.2) is 12.8 Å². The second-order valence-corrected chi connectivity index (χ2v) is 11.3. The molecule has 0 aliphatic carbocycles. The van der Waals surface area contributed by atoms with Gasteiger partial charge in [-0.3, -0.25) is 9.69 Å². The summed E-state index contributed by atoms with van der Waals surface area (Å²) in [5.41, 5.74) is 1.42. The Morgan fingerprint density at radius 1 is 1.15 bits per heavy atom. The number of esters is 1. The van der Waals surface area contributed by atoms with Crippen LogP contribution in [0.1, 0.15) is 43.4 Å². The van der Waals surface area contributed by atoms with E-state index in [0.717, 1.165) is 11.0 Å². The van der Waals surface area contributed by atoms with Crippen LogP contribution in [0.4, 0.5) is 4.39 Å². The average Bonchev–Trinajstić information content (AvgIpc) is 3.55. The minimum atomic E-state index is -3.65. The number of hydrogen-bond acceptors (Lipinski definition) is 8. The molecule has 1 fully saturated rings. The first-order chi connectivity index (χ1) is 18.7. The first kappa shape index (κ1) is 28.8. The third kappa shape index (κ3) is 6.05. The highest BCUT2D eigenvalue weighted by atomic mass is 32.2. The van der Waals surface area contributed by atoms with E-state index in [1.165, 1.54) is 23.5 Å². The van der Waals surface area contributed by atoms with Crippen LogP contribution in [0, 0.1) is 11.7 Å². The number of halogens is 1. The monoisotopic (exact) mass is 562 g/mol. The van der Waals surface area contributed by atoms with Crippen molar-refractivity contribution < 1.29 is 36.6 Å². The van der Waals surface area contributed by atoms with Gasteiger partial charge in [-0.2, -0.15) is 4.31 Å². The topological polar surface area (TPSA) is 94.6 Å². The summed E-state index contributed by atoms with van der Waals surface area (Å²) < 4.78 is 63.2. The number of ether oxygens (including phenoxy) is 4. The molecule has 9 nitrogen and oxygen atoms in total. The quantitative estimate of drug-likeness (QED) is 0.358. The van der Waals surface area contributed by atoms with Crippen LogP contribution in [-0.4, -0.2) is 70.3 Å². The summed E-state index contributed by atoms with van der Waals surface area (Å²) in [5.74, 6) is -0.668. The molecule has 0 radical (unpaired) electrons. The Hall–Kier alpha value is -3.15. The second-order valence-electron chi connectivity index (χ2n) is 9.44. The van der Waals surface area contributed by atoms with Gasteiger partial charge in [-0.05, 0) is 48.7 Å². The lowest BCUT2D eigenvalue weighted by Crippen LogP contribution is -2.39. The fraction of sp³-hybridized carbons (Fsp3) is 0.464. The number of rotatable bonds is 12. The van der Waals surface area contributed by atoms with Gasteiger partial charge < -0.3 is 18.9 Å². The van der Waals surface area contributed by atoms with Crippen molar-refractivity contribution in [3.05, 3.63) is 65.3 Å². The van der Waals surface area contributed by atoms with Crippen molar-refractivity contribution in [2.75, 3.05) is 46.7 Å². The molecule has 1 saturated heterocycles. The van der Waals surface area contributed by atoms with Gasteiger partial charge in [0.15, 0.2) is 23.1 Å². The van der Waals surface area contributed by atoms with Gasteiger partial charge in [-0.1, -0.05) is 25.6 Å². The lowest BCUT2D eigenvalue weighted by molar-refractivity contribution is -0.149. The second kappa shape index (κ2) is 12.4. The molecule has 0 N–H and O–H groups in total. The first-order valence-electron chi connectivity index (χ1n) is 13.0. The minimum absolute atomic E-state index is 0.0921. The van der Waals surface area contributed by atoms with Gasteiger partial charge in [0.25, 0.3) is 0 Å². The Bertz CT molecular complexity index is 1300. The largest absolute Gasteiger partial charge is 0.494 e. The molecule has 3 atom stereocenters. The Balaban J connectivity index is 1.76. The zero-order valence-corrected chi connectivity index (χ0v) is 23.3. The standard InChI is InChI=1S/C28H35FN2O7S/c1-5-12-31(39(33,34)7-3)14-13-30-17-21(19-8-11-24-25(16-19)38-18-37-24)26(28(32)36-6-2)27(30)20-9-10-23(35-4)22(29)15-20/h7-11,15-16,21,26-27H,3,5-6,12-14,17-18H2,1-2,4H3. The number of carbonyl (C=O) groups is 1. The summed E-state index contributed by atoms with van der Waals surface area (Å²) >= 11 is 0. The van der Waals surface area contributed by atoms with Gasteiger partial charge in [0, 0.05) is 43.5 Å². The number of sulfonamides is 1. The van der Waals surface area contributed by atoms with E-state index < -0.39 is 33.8 Å². The zero-order chi connectivity index (χ0) is 28.2. The van der Waals surface area contributed by atoms with E-state index in [2.05, 4.69) is 6.58 Å². The van der Waals surface area contributed by atoms with Crippen molar-refractivity contribution in [1.82, 2.24) is 9.21 Å². The summed E-state index contributed by atoms with van der Waals surface area (Å²) in [7, 11) is -2.26. The van der Waals surface area contributed by atoms with E-state index in [4.69, 9.17) is 18.9 Å². The van der Waals surface area contributed by atoms with Crippen molar-refractivity contribution in [2.45, 2.75) is 32.2 Å². The Morgan fingerprint density at radius 3 is 2.56 bits per heavy atom. The van der Waals surface area contributed by atoms with Crippen LogP contribution >= 0.6 is 0 Å². The molecule has 0 bridgehead atoms. The zero-order valence-electron chi connectivity index (χ0n) is 22.5. The van der Waals surface area contributed by atoms with Gasteiger partial charge in [-0.15, -0.1) is 0 Å². The van der Waals surface area contributed by atoms with E-state index in [9.17, 15) is 17.6 Å². The number of carbonyl (C=O) groups excluding carboxylic acids is 1. The lowest BCUT2D eigenvalue weighted by Gasteiger charge is -2.30. The third-order valence-electron chi connectivity index (χ3n) is 7.18. The number of hydrogen-bond donors (Lipinski definition) is 0. The average molecular weight is 563 g/mol. The predicted molar refractivity (Wildman–Crippen MR) is 144 cm³/mol. The van der Waals surface area contributed by atoms with Crippen molar-refractivity contribution in [2.24, 2.45) is 5.92 Å². The summed E-state index contributed by atoms with van der Waals surface area (Å²) in [6.45, 7) is 8.64. The molecule has 3 unspecified atom stereocenters. The molecule has 0 spiro atoms. The minimum Gasteiger partial charge on any atom is -0.494 e. The molecule has 2 aliphatic heterocycles. The Morgan fingerprint density at radius 2 is 1.90 bits per heavy atom. The molecule has 0 aromatic heterocycles.